The molecule has 3 rings (SSSR count). The lowest BCUT2D eigenvalue weighted by atomic mass is 10.1. The van der Waals surface area contributed by atoms with E-state index in [1.165, 1.54) is 18.3 Å². The Morgan fingerprint density at radius 1 is 1.07 bits per heavy atom. The van der Waals surface area contributed by atoms with E-state index in [4.69, 9.17) is 5.11 Å². The molecule has 0 aliphatic carbocycles. The highest BCUT2D eigenvalue weighted by Crippen LogP contribution is 2.18. The van der Waals surface area contributed by atoms with E-state index in [1.807, 2.05) is 30.3 Å². The highest BCUT2D eigenvalue weighted by molar-refractivity contribution is 5.95. The van der Waals surface area contributed by atoms with Crippen molar-refractivity contribution in [2.24, 2.45) is 0 Å². The Bertz CT molecular complexity index is 969. The summed E-state index contributed by atoms with van der Waals surface area (Å²) in [7, 11) is 1.71. The number of carbonyl (C=O) groups excluding carboxylic acids is 1. The Morgan fingerprint density at radius 3 is 2.62 bits per heavy atom. The van der Waals surface area contributed by atoms with Crippen LogP contribution >= 0.6 is 0 Å². The predicted octanol–water partition coefficient (Wildman–Crippen LogP) is 3.65. The van der Waals surface area contributed by atoms with Gasteiger partial charge in [0.25, 0.3) is 5.91 Å². The van der Waals surface area contributed by atoms with Gasteiger partial charge in [0.15, 0.2) is 0 Å². The third kappa shape index (κ3) is 5.51. The lowest BCUT2D eigenvalue weighted by Crippen LogP contribution is -2.28. The van der Waals surface area contributed by atoms with Crippen molar-refractivity contribution in [2.75, 3.05) is 13.6 Å². The van der Waals surface area contributed by atoms with Crippen LogP contribution in [0.15, 0.2) is 54.7 Å². The van der Waals surface area contributed by atoms with Crippen molar-refractivity contribution < 1.29 is 14.7 Å². The molecule has 0 atom stereocenters. The number of aryl methyl sites for hydroxylation is 1. The van der Waals surface area contributed by atoms with Gasteiger partial charge in [0.2, 0.25) is 0 Å². The molecule has 1 aromatic carbocycles. The molecule has 2 aromatic heterocycles. The van der Waals surface area contributed by atoms with Crippen LogP contribution in [-0.4, -0.2) is 50.7 Å². The Hall–Kier alpha value is -3.48. The van der Waals surface area contributed by atoms with Gasteiger partial charge in [-0.3, -0.25) is 14.9 Å². The minimum Gasteiger partial charge on any atom is -0.478 e. The Balaban J connectivity index is 1.41. The highest BCUT2D eigenvalue weighted by Gasteiger charge is 2.15. The Labute approximate surface area is 169 Å². The standard InChI is InChI=1S/C22H24N4O3/c1-26(21(27)20-14-17(22(28)29)11-12-23-20)13-7-3-6-10-18-15-19(25-24-18)16-8-4-2-5-9-16/h2,4-5,8-9,11-12,14-15H,3,6-7,10,13H2,1H3,(H,24,25)(H,28,29). The Morgan fingerprint density at radius 2 is 1.86 bits per heavy atom. The van der Waals surface area contributed by atoms with Crippen molar-refractivity contribution in [1.29, 1.82) is 0 Å². The number of aromatic carboxylic acids is 1. The average molecular weight is 392 g/mol. The van der Waals surface area contributed by atoms with E-state index in [9.17, 15) is 9.59 Å². The molecule has 0 fully saturated rings. The minimum atomic E-state index is -1.07. The van der Waals surface area contributed by atoms with Gasteiger partial charge in [-0.25, -0.2) is 4.79 Å². The van der Waals surface area contributed by atoms with Crippen molar-refractivity contribution >= 4 is 11.9 Å². The van der Waals surface area contributed by atoms with Gasteiger partial charge in [-0.1, -0.05) is 36.8 Å². The molecule has 1 amide bonds. The number of hydrogen-bond acceptors (Lipinski definition) is 4. The zero-order valence-electron chi connectivity index (χ0n) is 16.3. The molecule has 0 spiro atoms. The smallest absolute Gasteiger partial charge is 0.335 e. The molecule has 2 N–H and O–H groups in total. The van der Waals surface area contributed by atoms with Crippen LogP contribution in [0, 0.1) is 0 Å². The maximum absolute atomic E-state index is 12.4. The van der Waals surface area contributed by atoms with Crippen LogP contribution in [0.4, 0.5) is 0 Å². The molecule has 3 aromatic rings. The van der Waals surface area contributed by atoms with Gasteiger partial charge >= 0.3 is 5.97 Å². The number of amides is 1. The number of hydrogen-bond donors (Lipinski definition) is 2. The van der Waals surface area contributed by atoms with Crippen molar-refractivity contribution in [1.82, 2.24) is 20.1 Å². The van der Waals surface area contributed by atoms with E-state index >= 15 is 0 Å². The average Bonchev–Trinajstić information content (AvgIpc) is 3.22. The second kappa shape index (κ2) is 9.64. The highest BCUT2D eigenvalue weighted by atomic mass is 16.4. The van der Waals surface area contributed by atoms with Gasteiger partial charge in [0, 0.05) is 31.0 Å². The fraction of sp³-hybridized carbons (Fsp3) is 0.273. The molecule has 0 saturated heterocycles. The Kier molecular flexibility index (Phi) is 6.73. The molecule has 0 bridgehead atoms. The number of benzene rings is 1. The number of nitrogens with zero attached hydrogens (tertiary/aromatic N) is 3. The van der Waals surface area contributed by atoms with Crippen LogP contribution in [0.3, 0.4) is 0 Å². The molecular weight excluding hydrogens is 368 g/mol. The van der Waals surface area contributed by atoms with Crippen LogP contribution in [0.2, 0.25) is 0 Å². The molecule has 0 aliphatic heterocycles. The second-order valence-electron chi connectivity index (χ2n) is 6.92. The first-order valence-corrected chi connectivity index (χ1v) is 9.59. The number of carboxylic acid groups (broad SMARTS) is 1. The number of carbonyl (C=O) groups is 2. The fourth-order valence-electron chi connectivity index (χ4n) is 3.07. The molecular formula is C22H24N4O3. The third-order valence-corrected chi connectivity index (χ3v) is 4.71. The van der Waals surface area contributed by atoms with Gasteiger partial charge in [-0.2, -0.15) is 5.10 Å². The van der Waals surface area contributed by atoms with Crippen molar-refractivity contribution in [3.63, 3.8) is 0 Å². The zero-order chi connectivity index (χ0) is 20.6. The molecule has 29 heavy (non-hydrogen) atoms. The maximum Gasteiger partial charge on any atom is 0.335 e. The monoisotopic (exact) mass is 392 g/mol. The lowest BCUT2D eigenvalue weighted by molar-refractivity contribution is 0.0696. The number of unbranched alkanes of at least 4 members (excludes halogenated alkanes) is 2. The predicted molar refractivity (Wildman–Crippen MR) is 110 cm³/mol. The third-order valence-electron chi connectivity index (χ3n) is 4.71. The number of rotatable bonds is 9. The number of carboxylic acids is 1. The van der Waals surface area contributed by atoms with Gasteiger partial charge in [0.1, 0.15) is 5.69 Å². The van der Waals surface area contributed by atoms with Crippen LogP contribution in [0.25, 0.3) is 11.3 Å². The largest absolute Gasteiger partial charge is 0.478 e. The normalized spacial score (nSPS) is 10.7. The summed E-state index contributed by atoms with van der Waals surface area (Å²) in [5.74, 6) is -1.34. The van der Waals surface area contributed by atoms with E-state index in [0.717, 1.165) is 42.6 Å². The van der Waals surface area contributed by atoms with Gasteiger partial charge in [0.05, 0.1) is 11.3 Å². The summed E-state index contributed by atoms with van der Waals surface area (Å²) in [6.07, 6.45) is 5.07. The summed E-state index contributed by atoms with van der Waals surface area (Å²) in [6.45, 7) is 0.593. The summed E-state index contributed by atoms with van der Waals surface area (Å²) in [5.41, 5.74) is 3.35. The van der Waals surface area contributed by atoms with E-state index in [1.54, 1.807) is 11.9 Å². The maximum atomic E-state index is 12.4. The molecule has 0 aliphatic rings. The SMILES string of the molecule is CN(CCCCCc1cc(-c2ccccc2)n[nH]1)C(=O)c1cc(C(=O)O)ccn1. The van der Waals surface area contributed by atoms with Crippen LogP contribution in [0.5, 0.6) is 0 Å². The van der Waals surface area contributed by atoms with E-state index in [-0.39, 0.29) is 17.2 Å². The first-order chi connectivity index (χ1) is 14.0. The number of nitrogens with one attached hydrogen (secondary N) is 1. The zero-order valence-corrected chi connectivity index (χ0v) is 16.3. The second-order valence-corrected chi connectivity index (χ2v) is 6.92. The molecule has 0 unspecified atom stereocenters. The molecule has 0 saturated carbocycles. The molecule has 0 radical (unpaired) electrons. The number of aromatic nitrogens is 3. The molecule has 2 heterocycles. The number of pyridine rings is 1. The van der Waals surface area contributed by atoms with Crippen LogP contribution < -0.4 is 0 Å². The van der Waals surface area contributed by atoms with Crippen LogP contribution in [0.1, 0.15) is 45.8 Å². The van der Waals surface area contributed by atoms with Gasteiger partial charge in [-0.05, 0) is 37.5 Å². The molecule has 7 nitrogen and oxygen atoms in total. The quantitative estimate of drug-likeness (QED) is 0.542. The van der Waals surface area contributed by atoms with Crippen molar-refractivity contribution in [3.05, 3.63) is 71.7 Å². The van der Waals surface area contributed by atoms with E-state index in [2.05, 4.69) is 21.2 Å². The molecule has 7 heteroatoms. The van der Waals surface area contributed by atoms with Gasteiger partial charge < -0.3 is 10.0 Å². The summed E-state index contributed by atoms with van der Waals surface area (Å²) < 4.78 is 0. The van der Waals surface area contributed by atoms with Crippen LogP contribution in [-0.2, 0) is 6.42 Å². The summed E-state index contributed by atoms with van der Waals surface area (Å²) in [5, 5.41) is 16.5. The number of H-pyrrole nitrogens is 1. The first kappa shape index (κ1) is 20.3. The van der Waals surface area contributed by atoms with Crippen molar-refractivity contribution in [2.45, 2.75) is 25.7 Å². The topological polar surface area (TPSA) is 99.2 Å². The van der Waals surface area contributed by atoms with E-state index < -0.39 is 5.97 Å². The van der Waals surface area contributed by atoms with E-state index in [0.29, 0.717) is 6.54 Å². The molecule has 150 valence electrons. The fourth-order valence-corrected chi connectivity index (χ4v) is 3.07. The summed E-state index contributed by atoms with van der Waals surface area (Å²) in [4.78, 5) is 29.0. The number of aromatic amines is 1. The first-order valence-electron chi connectivity index (χ1n) is 9.59. The van der Waals surface area contributed by atoms with Gasteiger partial charge in [-0.15, -0.1) is 0 Å². The summed E-state index contributed by atoms with van der Waals surface area (Å²) >= 11 is 0. The summed E-state index contributed by atoms with van der Waals surface area (Å²) in [6, 6.07) is 14.8. The lowest BCUT2D eigenvalue weighted by Gasteiger charge is -2.16. The minimum absolute atomic E-state index is 0.0613. The van der Waals surface area contributed by atoms with Crippen molar-refractivity contribution in [3.8, 4) is 11.3 Å².